The van der Waals surface area contributed by atoms with E-state index < -0.39 is 0 Å². The number of aryl methyl sites for hydroxylation is 2. The molecule has 0 atom stereocenters. The van der Waals surface area contributed by atoms with Crippen molar-refractivity contribution in [3.63, 3.8) is 0 Å². The highest BCUT2D eigenvalue weighted by Crippen LogP contribution is 2.27. The first kappa shape index (κ1) is 20.3. The number of rotatable bonds is 4. The summed E-state index contributed by atoms with van der Waals surface area (Å²) in [6.45, 7) is 3.83. The van der Waals surface area contributed by atoms with E-state index >= 15 is 0 Å². The minimum absolute atomic E-state index is 0.0203. The SMILES string of the molecule is Cc1cc(C)n2ncc(C(=O)NC3CCC(C(=O)Nc4ccncc4Cl)CC3)c2n1. The molecule has 1 fully saturated rings. The third kappa shape index (κ3) is 4.14. The van der Waals surface area contributed by atoms with Crippen LogP contribution in [0.5, 0.6) is 0 Å². The maximum absolute atomic E-state index is 12.8. The Hall–Kier alpha value is -3.00. The Kier molecular flexibility index (Phi) is 5.67. The Labute approximate surface area is 179 Å². The second-order valence-electron chi connectivity index (χ2n) is 7.70. The van der Waals surface area contributed by atoms with E-state index in [1.54, 1.807) is 23.0 Å². The zero-order valence-corrected chi connectivity index (χ0v) is 17.6. The molecule has 8 nitrogen and oxygen atoms in total. The highest BCUT2D eigenvalue weighted by molar-refractivity contribution is 6.33. The number of pyridine rings is 1. The molecule has 3 aromatic rings. The number of hydrogen-bond donors (Lipinski definition) is 2. The molecule has 156 valence electrons. The summed E-state index contributed by atoms with van der Waals surface area (Å²) in [7, 11) is 0. The van der Waals surface area contributed by atoms with Gasteiger partial charge in [-0.05, 0) is 51.7 Å². The number of nitrogens with one attached hydrogen (secondary N) is 2. The van der Waals surface area contributed by atoms with Crippen molar-refractivity contribution < 1.29 is 9.59 Å². The first-order valence-corrected chi connectivity index (χ1v) is 10.3. The van der Waals surface area contributed by atoms with Gasteiger partial charge in [-0.2, -0.15) is 5.10 Å². The lowest BCUT2D eigenvalue weighted by molar-refractivity contribution is -0.120. The summed E-state index contributed by atoms with van der Waals surface area (Å²) in [6, 6.07) is 3.62. The monoisotopic (exact) mass is 426 g/mol. The maximum Gasteiger partial charge on any atom is 0.256 e. The van der Waals surface area contributed by atoms with Gasteiger partial charge in [0.05, 0.1) is 16.9 Å². The molecule has 0 bridgehead atoms. The smallest absolute Gasteiger partial charge is 0.256 e. The number of carbonyl (C=O) groups excluding carboxylic acids is 2. The van der Waals surface area contributed by atoms with Crippen molar-refractivity contribution in [1.82, 2.24) is 24.9 Å². The second-order valence-corrected chi connectivity index (χ2v) is 8.11. The summed E-state index contributed by atoms with van der Waals surface area (Å²) >= 11 is 6.06. The third-order valence-corrected chi connectivity index (χ3v) is 5.79. The third-order valence-electron chi connectivity index (χ3n) is 5.49. The van der Waals surface area contributed by atoms with Gasteiger partial charge in [0.15, 0.2) is 5.65 Å². The Morgan fingerprint density at radius 1 is 1.17 bits per heavy atom. The number of aromatic nitrogens is 4. The van der Waals surface area contributed by atoms with E-state index in [9.17, 15) is 9.59 Å². The zero-order chi connectivity index (χ0) is 21.3. The van der Waals surface area contributed by atoms with Crippen LogP contribution in [0, 0.1) is 19.8 Å². The fourth-order valence-electron chi connectivity index (χ4n) is 3.91. The van der Waals surface area contributed by atoms with E-state index in [2.05, 4.69) is 25.7 Å². The Morgan fingerprint density at radius 2 is 1.93 bits per heavy atom. The maximum atomic E-state index is 12.8. The van der Waals surface area contributed by atoms with Gasteiger partial charge in [0.2, 0.25) is 5.91 Å². The molecule has 0 radical (unpaired) electrons. The van der Waals surface area contributed by atoms with Crippen LogP contribution in [-0.2, 0) is 4.79 Å². The number of halogens is 1. The molecule has 1 saturated carbocycles. The van der Waals surface area contributed by atoms with Crippen LogP contribution in [0.15, 0.2) is 30.7 Å². The minimum Gasteiger partial charge on any atom is -0.349 e. The zero-order valence-electron chi connectivity index (χ0n) is 16.9. The van der Waals surface area contributed by atoms with Crippen molar-refractivity contribution in [3.8, 4) is 0 Å². The van der Waals surface area contributed by atoms with Gasteiger partial charge in [-0.3, -0.25) is 14.6 Å². The number of fused-ring (bicyclic) bond motifs is 1. The molecular weight excluding hydrogens is 404 g/mol. The summed E-state index contributed by atoms with van der Waals surface area (Å²) in [5.74, 6) is -0.337. The number of anilines is 1. The molecule has 0 unspecified atom stereocenters. The van der Waals surface area contributed by atoms with Crippen LogP contribution in [0.1, 0.15) is 47.4 Å². The quantitative estimate of drug-likeness (QED) is 0.666. The van der Waals surface area contributed by atoms with Gasteiger partial charge in [-0.1, -0.05) is 11.6 Å². The van der Waals surface area contributed by atoms with Crippen molar-refractivity contribution >= 4 is 34.7 Å². The Morgan fingerprint density at radius 3 is 2.67 bits per heavy atom. The largest absolute Gasteiger partial charge is 0.349 e. The molecule has 1 aliphatic carbocycles. The Balaban J connectivity index is 1.35. The van der Waals surface area contributed by atoms with Gasteiger partial charge in [-0.25, -0.2) is 9.50 Å². The molecule has 2 amide bonds. The van der Waals surface area contributed by atoms with Crippen molar-refractivity contribution in [2.45, 2.75) is 45.6 Å². The van der Waals surface area contributed by atoms with Crippen LogP contribution in [0.2, 0.25) is 5.02 Å². The van der Waals surface area contributed by atoms with Crippen LogP contribution in [0.25, 0.3) is 5.65 Å². The van der Waals surface area contributed by atoms with Crippen LogP contribution < -0.4 is 10.6 Å². The van der Waals surface area contributed by atoms with Gasteiger partial charge >= 0.3 is 0 Å². The first-order valence-electron chi connectivity index (χ1n) is 9.95. The number of carbonyl (C=O) groups is 2. The van der Waals surface area contributed by atoms with Gasteiger partial charge in [0, 0.05) is 35.7 Å². The van der Waals surface area contributed by atoms with Crippen LogP contribution in [-0.4, -0.2) is 37.4 Å². The lowest BCUT2D eigenvalue weighted by Crippen LogP contribution is -2.39. The molecule has 0 aromatic carbocycles. The first-order chi connectivity index (χ1) is 14.4. The summed E-state index contributed by atoms with van der Waals surface area (Å²) < 4.78 is 1.67. The van der Waals surface area contributed by atoms with Crippen molar-refractivity contribution in [1.29, 1.82) is 0 Å². The molecule has 1 aliphatic rings. The number of hydrogen-bond acceptors (Lipinski definition) is 5. The van der Waals surface area contributed by atoms with E-state index in [1.165, 1.54) is 6.20 Å². The molecule has 2 N–H and O–H groups in total. The lowest BCUT2D eigenvalue weighted by Gasteiger charge is -2.28. The molecule has 3 heterocycles. The van der Waals surface area contributed by atoms with Crippen molar-refractivity contribution in [2.24, 2.45) is 5.92 Å². The predicted molar refractivity (Wildman–Crippen MR) is 114 cm³/mol. The molecule has 0 aliphatic heterocycles. The fourth-order valence-corrected chi connectivity index (χ4v) is 4.07. The molecule has 9 heteroatoms. The van der Waals surface area contributed by atoms with Crippen molar-refractivity contribution in [2.75, 3.05) is 5.32 Å². The van der Waals surface area contributed by atoms with Gasteiger partial charge in [0.1, 0.15) is 5.56 Å². The lowest BCUT2D eigenvalue weighted by atomic mass is 9.85. The van der Waals surface area contributed by atoms with Crippen LogP contribution in [0.3, 0.4) is 0 Å². The van der Waals surface area contributed by atoms with E-state index in [1.807, 2.05) is 19.9 Å². The van der Waals surface area contributed by atoms with Crippen LogP contribution in [0.4, 0.5) is 5.69 Å². The molecule has 3 aromatic heterocycles. The highest BCUT2D eigenvalue weighted by atomic mass is 35.5. The van der Waals surface area contributed by atoms with E-state index in [0.717, 1.165) is 24.2 Å². The standard InChI is InChI=1S/C21H23ClN6O2/c1-12-9-13(2)28-19(25-12)16(10-24-28)21(30)26-15-5-3-14(4-6-15)20(29)27-18-7-8-23-11-17(18)22/h7-11,14-15H,3-6H2,1-2H3,(H,26,30)(H,23,27,29). The fraction of sp³-hybridized carbons (Fsp3) is 0.381. The average Bonchev–Trinajstić information content (AvgIpc) is 3.14. The molecule has 30 heavy (non-hydrogen) atoms. The number of amides is 2. The summed E-state index contributed by atoms with van der Waals surface area (Å²) in [5, 5.41) is 10.6. The molecule has 0 saturated heterocycles. The van der Waals surface area contributed by atoms with Gasteiger partial charge in [-0.15, -0.1) is 0 Å². The molecule has 0 spiro atoms. The summed E-state index contributed by atoms with van der Waals surface area (Å²) in [5.41, 5.74) is 3.37. The molecular formula is C21H23ClN6O2. The average molecular weight is 427 g/mol. The van der Waals surface area contributed by atoms with E-state index in [-0.39, 0.29) is 23.8 Å². The van der Waals surface area contributed by atoms with E-state index in [4.69, 9.17) is 11.6 Å². The van der Waals surface area contributed by atoms with Gasteiger partial charge < -0.3 is 10.6 Å². The number of nitrogens with zero attached hydrogens (tertiary/aromatic N) is 4. The summed E-state index contributed by atoms with van der Waals surface area (Å²) in [4.78, 5) is 33.7. The summed E-state index contributed by atoms with van der Waals surface area (Å²) in [6.07, 6.45) is 7.52. The second kappa shape index (κ2) is 8.39. The normalized spacial score (nSPS) is 18.9. The minimum atomic E-state index is -0.182. The van der Waals surface area contributed by atoms with Crippen LogP contribution >= 0.6 is 11.6 Å². The van der Waals surface area contributed by atoms with Crippen molar-refractivity contribution in [3.05, 3.63) is 52.7 Å². The highest BCUT2D eigenvalue weighted by Gasteiger charge is 2.28. The molecule has 4 rings (SSSR count). The predicted octanol–water partition coefficient (Wildman–Crippen LogP) is 3.32. The topological polar surface area (TPSA) is 101 Å². The van der Waals surface area contributed by atoms with E-state index in [0.29, 0.717) is 34.8 Å². The Bertz CT molecular complexity index is 1100. The van der Waals surface area contributed by atoms with Gasteiger partial charge in [0.25, 0.3) is 5.91 Å².